The van der Waals surface area contributed by atoms with Crippen molar-refractivity contribution in [2.45, 2.75) is 19.4 Å². The van der Waals surface area contributed by atoms with E-state index in [0.717, 1.165) is 5.56 Å². The maximum Gasteiger partial charge on any atom is 0.258 e. The van der Waals surface area contributed by atoms with Gasteiger partial charge in [0, 0.05) is 5.02 Å². The second-order valence-electron chi connectivity index (χ2n) is 5.28. The molecule has 0 unspecified atom stereocenters. The van der Waals surface area contributed by atoms with Crippen molar-refractivity contribution >= 4 is 39.2 Å². The number of ether oxygens (including phenoxy) is 1. The smallest absolute Gasteiger partial charge is 0.258 e. The highest BCUT2D eigenvalue weighted by Gasteiger charge is 2.18. The monoisotopic (exact) mass is 409 g/mol. The van der Waals surface area contributed by atoms with Crippen LogP contribution in [0, 0.1) is 0 Å². The lowest BCUT2D eigenvalue weighted by Crippen LogP contribution is -2.43. The third-order valence-corrected chi connectivity index (χ3v) is 4.22. The number of carbonyl (C=O) groups is 2. The van der Waals surface area contributed by atoms with Crippen molar-refractivity contribution in [3.05, 3.63) is 63.6 Å². The lowest BCUT2D eigenvalue weighted by molar-refractivity contribution is -0.128. The van der Waals surface area contributed by atoms with Crippen molar-refractivity contribution < 1.29 is 14.3 Å². The predicted octanol–water partition coefficient (Wildman–Crippen LogP) is 3.80. The summed E-state index contributed by atoms with van der Waals surface area (Å²) in [4.78, 5) is 23.8. The first-order chi connectivity index (χ1) is 11.5. The number of amides is 1. The van der Waals surface area contributed by atoms with Gasteiger partial charge in [-0.25, -0.2) is 0 Å². The van der Waals surface area contributed by atoms with E-state index in [2.05, 4.69) is 21.2 Å². The maximum atomic E-state index is 12.1. The Labute approximate surface area is 154 Å². The molecule has 2 aromatic carbocycles. The number of rotatable bonds is 7. The van der Waals surface area contributed by atoms with Gasteiger partial charge in [-0.05, 0) is 53.0 Å². The first kappa shape index (κ1) is 18.5. The standard InChI is InChI=1S/C18H17BrClNO3/c1-12(22)16(9-13-5-3-2-4-6-13)21-18(23)11-24-17-8-7-14(20)10-15(17)19/h2-8,10,16H,9,11H2,1H3,(H,21,23)/t16-/m0/s1. The van der Waals surface area contributed by atoms with Crippen molar-refractivity contribution in [1.29, 1.82) is 0 Å². The van der Waals surface area contributed by atoms with Gasteiger partial charge in [-0.2, -0.15) is 0 Å². The van der Waals surface area contributed by atoms with Gasteiger partial charge in [-0.1, -0.05) is 41.9 Å². The zero-order valence-electron chi connectivity index (χ0n) is 13.1. The number of nitrogens with one attached hydrogen (secondary N) is 1. The summed E-state index contributed by atoms with van der Waals surface area (Å²) in [6, 6.07) is 14.0. The highest BCUT2D eigenvalue weighted by Crippen LogP contribution is 2.27. The van der Waals surface area contributed by atoms with Crippen LogP contribution in [0.15, 0.2) is 53.0 Å². The van der Waals surface area contributed by atoms with Crippen LogP contribution >= 0.6 is 27.5 Å². The fraction of sp³-hybridized carbons (Fsp3) is 0.222. The SMILES string of the molecule is CC(=O)[C@H](Cc1ccccc1)NC(=O)COc1ccc(Cl)cc1Br. The summed E-state index contributed by atoms with van der Waals surface area (Å²) in [5.74, 6) is 0.0600. The number of carbonyl (C=O) groups excluding carboxylic acids is 2. The van der Waals surface area contributed by atoms with Gasteiger partial charge < -0.3 is 10.1 Å². The molecule has 2 aromatic rings. The summed E-state index contributed by atoms with van der Waals surface area (Å²) in [6.45, 7) is 1.28. The summed E-state index contributed by atoms with van der Waals surface area (Å²) in [5.41, 5.74) is 0.986. The average molecular weight is 411 g/mol. The van der Waals surface area contributed by atoms with Gasteiger partial charge >= 0.3 is 0 Å². The molecule has 0 radical (unpaired) electrons. The predicted molar refractivity (Wildman–Crippen MR) is 97.4 cm³/mol. The van der Waals surface area contributed by atoms with Crippen molar-refractivity contribution in [3.8, 4) is 5.75 Å². The molecule has 0 saturated carbocycles. The molecule has 6 heteroatoms. The average Bonchev–Trinajstić information content (AvgIpc) is 2.54. The molecule has 0 fully saturated rings. The Balaban J connectivity index is 1.92. The third kappa shape index (κ3) is 5.65. The van der Waals surface area contributed by atoms with Crippen LogP contribution in [0.25, 0.3) is 0 Å². The second kappa shape index (κ2) is 8.85. The van der Waals surface area contributed by atoms with Gasteiger partial charge in [-0.3, -0.25) is 9.59 Å². The Morgan fingerprint density at radius 1 is 1.21 bits per heavy atom. The topological polar surface area (TPSA) is 55.4 Å². The number of Topliss-reactive ketones (excluding diaryl/α,β-unsaturated/α-hetero) is 1. The Kier molecular flexibility index (Phi) is 6.82. The van der Waals surface area contributed by atoms with E-state index in [1.165, 1.54) is 6.92 Å². The van der Waals surface area contributed by atoms with Gasteiger partial charge in [0.15, 0.2) is 12.4 Å². The minimum atomic E-state index is -0.572. The van der Waals surface area contributed by atoms with Crippen molar-refractivity contribution in [2.75, 3.05) is 6.61 Å². The van der Waals surface area contributed by atoms with Crippen LogP contribution in [0.4, 0.5) is 0 Å². The number of ketones is 1. The van der Waals surface area contributed by atoms with Gasteiger partial charge in [-0.15, -0.1) is 0 Å². The molecule has 1 N–H and O–H groups in total. The van der Waals surface area contributed by atoms with E-state index < -0.39 is 6.04 Å². The lowest BCUT2D eigenvalue weighted by Gasteiger charge is -2.16. The molecule has 0 aliphatic heterocycles. The normalized spacial score (nSPS) is 11.6. The van der Waals surface area contributed by atoms with Gasteiger partial charge in [0.1, 0.15) is 5.75 Å². The molecule has 1 amide bonds. The van der Waals surface area contributed by atoms with Crippen molar-refractivity contribution in [1.82, 2.24) is 5.32 Å². The molecule has 4 nitrogen and oxygen atoms in total. The summed E-state index contributed by atoms with van der Waals surface area (Å²) in [5, 5.41) is 3.28. The molecule has 0 aliphatic rings. The molecule has 0 saturated heterocycles. The lowest BCUT2D eigenvalue weighted by atomic mass is 10.0. The summed E-state index contributed by atoms with van der Waals surface area (Å²) >= 11 is 9.18. The first-order valence-electron chi connectivity index (χ1n) is 7.37. The Bertz CT molecular complexity index is 721. The van der Waals surface area contributed by atoms with E-state index >= 15 is 0 Å². The molecular weight excluding hydrogens is 394 g/mol. The molecule has 0 aliphatic carbocycles. The summed E-state index contributed by atoms with van der Waals surface area (Å²) in [6.07, 6.45) is 0.451. The quantitative estimate of drug-likeness (QED) is 0.755. The molecule has 0 heterocycles. The number of hydrogen-bond acceptors (Lipinski definition) is 3. The molecule has 2 rings (SSSR count). The zero-order chi connectivity index (χ0) is 17.5. The third-order valence-electron chi connectivity index (χ3n) is 3.36. The minimum absolute atomic E-state index is 0.0973. The van der Waals surface area contributed by atoms with Crippen LogP contribution in [0.2, 0.25) is 5.02 Å². The highest BCUT2D eigenvalue weighted by atomic mass is 79.9. The molecule has 1 atom stereocenters. The second-order valence-corrected chi connectivity index (χ2v) is 6.57. The van der Waals surface area contributed by atoms with Gasteiger partial charge in [0.05, 0.1) is 10.5 Å². The number of benzene rings is 2. The van der Waals surface area contributed by atoms with Crippen LogP contribution < -0.4 is 10.1 Å². The van der Waals surface area contributed by atoms with Gasteiger partial charge in [0.25, 0.3) is 5.91 Å². The van der Waals surface area contributed by atoms with Crippen molar-refractivity contribution in [3.63, 3.8) is 0 Å². The van der Waals surface area contributed by atoms with E-state index in [4.69, 9.17) is 16.3 Å². The molecular formula is C18H17BrClNO3. The molecule has 126 valence electrons. The largest absolute Gasteiger partial charge is 0.483 e. The van der Waals surface area contributed by atoms with Gasteiger partial charge in [0.2, 0.25) is 0 Å². The molecule has 24 heavy (non-hydrogen) atoms. The molecule has 0 bridgehead atoms. The summed E-state index contributed by atoms with van der Waals surface area (Å²) in [7, 11) is 0. The molecule has 0 spiro atoms. The minimum Gasteiger partial charge on any atom is -0.483 e. The first-order valence-corrected chi connectivity index (χ1v) is 8.54. The number of halogens is 2. The summed E-state index contributed by atoms with van der Waals surface area (Å²) < 4.78 is 6.12. The van der Waals surface area contributed by atoms with Crippen LogP contribution in [0.5, 0.6) is 5.75 Å². The van der Waals surface area contributed by atoms with E-state index in [-0.39, 0.29) is 18.3 Å². The van der Waals surface area contributed by atoms with E-state index in [1.54, 1.807) is 18.2 Å². The van der Waals surface area contributed by atoms with Crippen LogP contribution in [0.3, 0.4) is 0 Å². The molecule has 0 aromatic heterocycles. The van der Waals surface area contributed by atoms with E-state index in [9.17, 15) is 9.59 Å². The Morgan fingerprint density at radius 2 is 1.92 bits per heavy atom. The van der Waals surface area contributed by atoms with Crippen molar-refractivity contribution in [2.24, 2.45) is 0 Å². The van der Waals surface area contributed by atoms with E-state index in [0.29, 0.717) is 21.7 Å². The fourth-order valence-corrected chi connectivity index (χ4v) is 2.91. The van der Waals surface area contributed by atoms with Crippen LogP contribution in [-0.4, -0.2) is 24.3 Å². The Hall–Kier alpha value is -1.85. The zero-order valence-corrected chi connectivity index (χ0v) is 15.4. The van der Waals surface area contributed by atoms with E-state index in [1.807, 2.05) is 30.3 Å². The highest BCUT2D eigenvalue weighted by molar-refractivity contribution is 9.10. The Morgan fingerprint density at radius 3 is 2.54 bits per heavy atom. The van der Waals surface area contributed by atoms with Crippen LogP contribution in [0.1, 0.15) is 12.5 Å². The number of hydrogen-bond donors (Lipinski definition) is 1. The van der Waals surface area contributed by atoms with Crippen LogP contribution in [-0.2, 0) is 16.0 Å². The fourth-order valence-electron chi connectivity index (χ4n) is 2.12. The maximum absolute atomic E-state index is 12.1.